The van der Waals surface area contributed by atoms with Crippen LogP contribution in [0, 0.1) is 23.2 Å². The molecular formula is C20H28F2O3. The Bertz CT molecular complexity index is 541. The van der Waals surface area contributed by atoms with E-state index in [9.17, 15) is 18.4 Å². The van der Waals surface area contributed by atoms with Crippen LogP contribution in [0.3, 0.4) is 0 Å². The fourth-order valence-electron chi connectivity index (χ4n) is 5.50. The standard InChI is InChI=1S/C20H28F2O3/c1-2-3-4-5-6-7-17(23)25-18(24)13-19-11-14-8-15(12-19)10-16(9-14)20(19,21)22/h6-7,14-16H,2-5,8-13H2,1H3/b7-6+. The molecule has 4 aliphatic carbocycles. The van der Waals surface area contributed by atoms with Crippen molar-refractivity contribution in [2.24, 2.45) is 23.2 Å². The minimum absolute atomic E-state index is 0.305. The molecule has 0 heterocycles. The first-order valence-electron chi connectivity index (χ1n) is 9.65. The van der Waals surface area contributed by atoms with Crippen LogP contribution in [-0.4, -0.2) is 17.9 Å². The van der Waals surface area contributed by atoms with Crippen molar-refractivity contribution in [2.45, 2.75) is 77.1 Å². The van der Waals surface area contributed by atoms with E-state index in [0.717, 1.165) is 32.1 Å². The molecule has 4 bridgehead atoms. The normalized spacial score (nSPS) is 35.2. The summed E-state index contributed by atoms with van der Waals surface area (Å²) in [7, 11) is 0. The number of carbonyl (C=O) groups excluding carboxylic acids is 2. The van der Waals surface area contributed by atoms with Crippen LogP contribution in [0.5, 0.6) is 0 Å². The van der Waals surface area contributed by atoms with Crippen molar-refractivity contribution >= 4 is 11.9 Å². The second-order valence-corrected chi connectivity index (χ2v) is 8.32. The molecule has 0 N–H and O–H groups in total. The van der Waals surface area contributed by atoms with Gasteiger partial charge in [-0.2, -0.15) is 0 Å². The number of unbranched alkanes of at least 4 members (excludes halogenated alkanes) is 3. The van der Waals surface area contributed by atoms with Crippen LogP contribution >= 0.6 is 0 Å². The molecule has 0 aromatic rings. The second-order valence-electron chi connectivity index (χ2n) is 8.32. The largest absolute Gasteiger partial charge is 0.390 e. The molecule has 4 fully saturated rings. The molecule has 0 aromatic carbocycles. The molecule has 0 aliphatic heterocycles. The zero-order chi connectivity index (χ0) is 18.1. The number of allylic oxidation sites excluding steroid dienone is 1. The monoisotopic (exact) mass is 354 g/mol. The molecule has 4 saturated carbocycles. The molecular weight excluding hydrogens is 326 g/mol. The van der Waals surface area contributed by atoms with Crippen LogP contribution in [0.4, 0.5) is 8.78 Å². The Kier molecular flexibility index (Phi) is 5.31. The molecule has 25 heavy (non-hydrogen) atoms. The Balaban J connectivity index is 1.56. The number of ether oxygens (including phenoxy) is 1. The van der Waals surface area contributed by atoms with E-state index in [1.165, 1.54) is 6.08 Å². The first-order chi connectivity index (χ1) is 11.9. The highest BCUT2D eigenvalue weighted by Crippen LogP contribution is 2.67. The van der Waals surface area contributed by atoms with Gasteiger partial charge in [0.25, 0.3) is 5.92 Å². The van der Waals surface area contributed by atoms with Crippen molar-refractivity contribution in [1.29, 1.82) is 0 Å². The molecule has 0 radical (unpaired) electrons. The van der Waals surface area contributed by atoms with Gasteiger partial charge < -0.3 is 4.74 Å². The van der Waals surface area contributed by atoms with Gasteiger partial charge in [0.1, 0.15) is 0 Å². The third-order valence-corrected chi connectivity index (χ3v) is 6.41. The Labute approximate surface area is 148 Å². The van der Waals surface area contributed by atoms with Gasteiger partial charge in [0.2, 0.25) is 0 Å². The lowest BCUT2D eigenvalue weighted by atomic mass is 9.47. The quantitative estimate of drug-likeness (QED) is 0.278. The summed E-state index contributed by atoms with van der Waals surface area (Å²) in [6, 6.07) is 0. The molecule has 140 valence electrons. The molecule has 2 unspecified atom stereocenters. The van der Waals surface area contributed by atoms with Crippen LogP contribution in [0.1, 0.15) is 71.1 Å². The molecule has 2 atom stereocenters. The third-order valence-electron chi connectivity index (χ3n) is 6.41. The molecule has 4 rings (SSSR count). The van der Waals surface area contributed by atoms with Crippen molar-refractivity contribution in [1.82, 2.24) is 0 Å². The first-order valence-corrected chi connectivity index (χ1v) is 9.65. The summed E-state index contributed by atoms with van der Waals surface area (Å²) >= 11 is 0. The van der Waals surface area contributed by atoms with Gasteiger partial charge in [-0.1, -0.05) is 25.8 Å². The Morgan fingerprint density at radius 2 is 1.80 bits per heavy atom. The van der Waals surface area contributed by atoms with Crippen LogP contribution in [0.2, 0.25) is 0 Å². The average Bonchev–Trinajstić information content (AvgIpc) is 2.52. The Morgan fingerprint density at radius 1 is 1.12 bits per heavy atom. The van der Waals surface area contributed by atoms with Gasteiger partial charge in [-0.05, 0) is 56.8 Å². The van der Waals surface area contributed by atoms with E-state index < -0.39 is 29.2 Å². The van der Waals surface area contributed by atoms with Crippen LogP contribution in [-0.2, 0) is 14.3 Å². The van der Waals surface area contributed by atoms with E-state index in [2.05, 4.69) is 6.92 Å². The number of esters is 2. The Morgan fingerprint density at radius 3 is 2.44 bits per heavy atom. The van der Waals surface area contributed by atoms with Crippen LogP contribution in [0.25, 0.3) is 0 Å². The van der Waals surface area contributed by atoms with E-state index in [1.807, 2.05) is 0 Å². The molecule has 3 nitrogen and oxygen atoms in total. The zero-order valence-electron chi connectivity index (χ0n) is 14.9. The van der Waals surface area contributed by atoms with Gasteiger partial charge in [-0.25, -0.2) is 13.6 Å². The summed E-state index contributed by atoms with van der Waals surface area (Å²) in [5.41, 5.74) is -1.29. The van der Waals surface area contributed by atoms with Gasteiger partial charge >= 0.3 is 11.9 Å². The van der Waals surface area contributed by atoms with Gasteiger partial charge in [0.05, 0.1) is 6.42 Å². The van der Waals surface area contributed by atoms with E-state index in [4.69, 9.17) is 4.74 Å². The highest BCUT2D eigenvalue weighted by atomic mass is 19.3. The van der Waals surface area contributed by atoms with Gasteiger partial charge in [-0.3, -0.25) is 4.79 Å². The molecule has 5 heteroatoms. The predicted octanol–water partition coefficient (Wildman–Crippen LogP) is 5.04. The number of halogens is 2. The summed E-state index contributed by atoms with van der Waals surface area (Å²) in [6.45, 7) is 2.09. The van der Waals surface area contributed by atoms with E-state index >= 15 is 0 Å². The topological polar surface area (TPSA) is 43.4 Å². The van der Waals surface area contributed by atoms with Crippen molar-refractivity contribution in [3.8, 4) is 0 Å². The average molecular weight is 354 g/mol. The lowest BCUT2D eigenvalue weighted by molar-refractivity contribution is -0.258. The maximum absolute atomic E-state index is 14.9. The number of alkyl halides is 2. The summed E-state index contributed by atoms with van der Waals surface area (Å²) < 4.78 is 34.5. The SMILES string of the molecule is CCCCC/C=C/C(=O)OC(=O)CC12CC3CC(CC(C3)C1(F)F)C2. The number of rotatable bonds is 7. The molecule has 4 aliphatic rings. The highest BCUT2D eigenvalue weighted by molar-refractivity contribution is 5.92. The number of hydrogen-bond acceptors (Lipinski definition) is 3. The van der Waals surface area contributed by atoms with Crippen LogP contribution in [0.15, 0.2) is 12.2 Å². The minimum Gasteiger partial charge on any atom is -0.390 e. The van der Waals surface area contributed by atoms with Gasteiger partial charge in [0.15, 0.2) is 0 Å². The maximum Gasteiger partial charge on any atom is 0.338 e. The lowest BCUT2D eigenvalue weighted by Crippen LogP contribution is -2.60. The highest BCUT2D eigenvalue weighted by Gasteiger charge is 2.68. The molecule has 0 saturated heterocycles. The fourth-order valence-corrected chi connectivity index (χ4v) is 5.50. The minimum atomic E-state index is -2.82. The predicted molar refractivity (Wildman–Crippen MR) is 89.9 cm³/mol. The smallest absolute Gasteiger partial charge is 0.338 e. The van der Waals surface area contributed by atoms with E-state index in [-0.39, 0.29) is 6.42 Å². The van der Waals surface area contributed by atoms with Crippen molar-refractivity contribution in [3.63, 3.8) is 0 Å². The van der Waals surface area contributed by atoms with Crippen molar-refractivity contribution in [2.75, 3.05) is 0 Å². The molecule has 0 amide bonds. The fraction of sp³-hybridized carbons (Fsp3) is 0.800. The number of carbonyl (C=O) groups is 2. The Hall–Kier alpha value is -1.26. The maximum atomic E-state index is 14.9. The van der Waals surface area contributed by atoms with E-state index in [0.29, 0.717) is 37.5 Å². The van der Waals surface area contributed by atoms with E-state index in [1.54, 1.807) is 6.08 Å². The summed E-state index contributed by atoms with van der Waals surface area (Å²) in [6.07, 6.45) is 9.47. The first kappa shape index (κ1) is 18.5. The van der Waals surface area contributed by atoms with Gasteiger partial charge in [0, 0.05) is 17.4 Å². The number of hydrogen-bond donors (Lipinski definition) is 0. The second kappa shape index (κ2) is 7.16. The third kappa shape index (κ3) is 3.65. The van der Waals surface area contributed by atoms with Crippen molar-refractivity contribution < 1.29 is 23.1 Å². The zero-order valence-corrected chi connectivity index (χ0v) is 14.9. The van der Waals surface area contributed by atoms with Crippen LogP contribution < -0.4 is 0 Å². The molecule has 0 aromatic heterocycles. The summed E-state index contributed by atoms with van der Waals surface area (Å²) in [5.74, 6) is -4.35. The summed E-state index contributed by atoms with van der Waals surface area (Å²) in [4.78, 5) is 23.9. The van der Waals surface area contributed by atoms with Gasteiger partial charge in [-0.15, -0.1) is 0 Å². The molecule has 0 spiro atoms. The van der Waals surface area contributed by atoms with Crippen molar-refractivity contribution in [3.05, 3.63) is 12.2 Å². The summed E-state index contributed by atoms with van der Waals surface area (Å²) in [5, 5.41) is 0. The lowest BCUT2D eigenvalue weighted by Gasteiger charge is -2.60.